The molecule has 0 aromatic heterocycles. The summed E-state index contributed by atoms with van der Waals surface area (Å²) in [5.74, 6) is 0.602. The van der Waals surface area contributed by atoms with Gasteiger partial charge in [0.1, 0.15) is 0 Å². The Morgan fingerprint density at radius 1 is 1.00 bits per heavy atom. The van der Waals surface area contributed by atoms with Gasteiger partial charge < -0.3 is 5.73 Å². The maximum Gasteiger partial charge on any atom is 0.0397 e. The van der Waals surface area contributed by atoms with Gasteiger partial charge >= 0.3 is 0 Å². The summed E-state index contributed by atoms with van der Waals surface area (Å²) in [4.78, 5) is 2.75. The number of likely N-dealkylation sites (tertiary alicyclic amines) is 1. The number of fused-ring (bicyclic) bond motifs is 1. The first-order chi connectivity index (χ1) is 10.4. The van der Waals surface area contributed by atoms with E-state index in [1.807, 2.05) is 0 Å². The molecule has 0 spiro atoms. The van der Waals surface area contributed by atoms with E-state index in [1.54, 1.807) is 0 Å². The lowest BCUT2D eigenvalue weighted by Gasteiger charge is -2.42. The molecule has 0 bridgehead atoms. The topological polar surface area (TPSA) is 29.3 Å². The second-order valence-electron chi connectivity index (χ2n) is 6.62. The SMILES string of the molecule is NCC1CCCN(C2CC2)C1c1cccc2ccccc12. The minimum Gasteiger partial charge on any atom is -0.330 e. The summed E-state index contributed by atoms with van der Waals surface area (Å²) in [6.45, 7) is 2.05. The Morgan fingerprint density at radius 2 is 1.81 bits per heavy atom. The zero-order chi connectivity index (χ0) is 14.2. The molecule has 1 aliphatic heterocycles. The van der Waals surface area contributed by atoms with E-state index < -0.39 is 0 Å². The van der Waals surface area contributed by atoms with Crippen molar-refractivity contribution in [1.29, 1.82) is 0 Å². The molecule has 1 heterocycles. The van der Waals surface area contributed by atoms with Crippen LogP contribution in [0.1, 0.15) is 37.3 Å². The molecule has 2 aromatic carbocycles. The average Bonchev–Trinajstić information content (AvgIpc) is 3.38. The monoisotopic (exact) mass is 280 g/mol. The van der Waals surface area contributed by atoms with Gasteiger partial charge in [-0.15, -0.1) is 0 Å². The number of rotatable bonds is 3. The highest BCUT2D eigenvalue weighted by molar-refractivity contribution is 5.86. The van der Waals surface area contributed by atoms with Crippen LogP contribution in [-0.2, 0) is 0 Å². The van der Waals surface area contributed by atoms with Gasteiger partial charge in [0.2, 0.25) is 0 Å². The predicted molar refractivity (Wildman–Crippen MR) is 88.2 cm³/mol. The van der Waals surface area contributed by atoms with Gasteiger partial charge in [0.15, 0.2) is 0 Å². The van der Waals surface area contributed by atoms with E-state index in [9.17, 15) is 0 Å². The van der Waals surface area contributed by atoms with Crippen molar-refractivity contribution in [3.8, 4) is 0 Å². The molecule has 2 heteroatoms. The quantitative estimate of drug-likeness (QED) is 0.928. The minimum atomic E-state index is 0.516. The Hall–Kier alpha value is -1.38. The number of hydrogen-bond donors (Lipinski definition) is 1. The van der Waals surface area contributed by atoms with E-state index in [0.29, 0.717) is 12.0 Å². The van der Waals surface area contributed by atoms with Crippen molar-refractivity contribution in [1.82, 2.24) is 4.90 Å². The van der Waals surface area contributed by atoms with E-state index in [4.69, 9.17) is 5.73 Å². The van der Waals surface area contributed by atoms with Crippen molar-refractivity contribution >= 4 is 10.8 Å². The molecule has 0 amide bonds. The number of benzene rings is 2. The van der Waals surface area contributed by atoms with Crippen molar-refractivity contribution in [2.75, 3.05) is 13.1 Å². The number of nitrogens with zero attached hydrogens (tertiary/aromatic N) is 1. The van der Waals surface area contributed by atoms with Crippen molar-refractivity contribution < 1.29 is 0 Å². The van der Waals surface area contributed by atoms with Crippen molar-refractivity contribution in [3.05, 3.63) is 48.0 Å². The van der Waals surface area contributed by atoms with Gasteiger partial charge in [0.25, 0.3) is 0 Å². The summed E-state index contributed by atoms with van der Waals surface area (Å²) in [5.41, 5.74) is 7.63. The standard InChI is InChI=1S/C19H24N2/c20-13-15-7-4-12-21(16-10-11-16)19(15)18-9-3-6-14-5-1-2-8-17(14)18/h1-3,5-6,8-9,15-16,19H,4,7,10-13,20H2. The highest BCUT2D eigenvalue weighted by Gasteiger charge is 2.40. The average molecular weight is 280 g/mol. The summed E-state index contributed by atoms with van der Waals surface area (Å²) < 4.78 is 0. The van der Waals surface area contributed by atoms with Crippen LogP contribution in [0.4, 0.5) is 0 Å². The molecule has 2 aliphatic rings. The van der Waals surface area contributed by atoms with Gasteiger partial charge in [-0.3, -0.25) is 4.90 Å². The van der Waals surface area contributed by atoms with E-state index in [1.165, 1.54) is 48.6 Å². The molecule has 2 fully saturated rings. The second-order valence-corrected chi connectivity index (χ2v) is 6.62. The van der Waals surface area contributed by atoms with Crippen LogP contribution in [0.25, 0.3) is 10.8 Å². The van der Waals surface area contributed by atoms with Crippen LogP contribution in [0.15, 0.2) is 42.5 Å². The third kappa shape index (κ3) is 2.37. The smallest absolute Gasteiger partial charge is 0.0397 e. The third-order valence-electron chi connectivity index (χ3n) is 5.26. The Morgan fingerprint density at radius 3 is 2.62 bits per heavy atom. The maximum atomic E-state index is 6.13. The number of nitrogens with two attached hydrogens (primary N) is 1. The molecule has 2 atom stereocenters. The van der Waals surface area contributed by atoms with Gasteiger partial charge in [-0.2, -0.15) is 0 Å². The highest BCUT2D eigenvalue weighted by atomic mass is 15.2. The van der Waals surface area contributed by atoms with Gasteiger partial charge in [-0.1, -0.05) is 42.5 Å². The minimum absolute atomic E-state index is 0.516. The number of hydrogen-bond acceptors (Lipinski definition) is 2. The molecule has 0 radical (unpaired) electrons. The molecule has 4 rings (SSSR count). The van der Waals surface area contributed by atoms with Crippen molar-refractivity contribution in [3.63, 3.8) is 0 Å². The molecule has 1 aliphatic carbocycles. The van der Waals surface area contributed by atoms with Crippen LogP contribution in [0.5, 0.6) is 0 Å². The van der Waals surface area contributed by atoms with E-state index in [2.05, 4.69) is 47.4 Å². The van der Waals surface area contributed by atoms with Crippen LogP contribution >= 0.6 is 0 Å². The van der Waals surface area contributed by atoms with Gasteiger partial charge in [0, 0.05) is 12.1 Å². The second kappa shape index (κ2) is 5.43. The zero-order valence-electron chi connectivity index (χ0n) is 12.5. The molecule has 2 unspecified atom stereocenters. The molecule has 2 nitrogen and oxygen atoms in total. The zero-order valence-corrected chi connectivity index (χ0v) is 12.5. The van der Waals surface area contributed by atoms with Crippen LogP contribution in [0.2, 0.25) is 0 Å². The molecular weight excluding hydrogens is 256 g/mol. The van der Waals surface area contributed by atoms with Crippen LogP contribution < -0.4 is 5.73 Å². The Bertz CT molecular complexity index is 627. The maximum absolute atomic E-state index is 6.13. The van der Waals surface area contributed by atoms with Crippen LogP contribution in [-0.4, -0.2) is 24.0 Å². The molecule has 1 saturated heterocycles. The summed E-state index contributed by atoms with van der Waals surface area (Å²) in [5, 5.41) is 2.77. The Kier molecular flexibility index (Phi) is 3.44. The fourth-order valence-corrected chi connectivity index (χ4v) is 4.11. The van der Waals surface area contributed by atoms with Crippen LogP contribution in [0, 0.1) is 5.92 Å². The van der Waals surface area contributed by atoms with E-state index in [-0.39, 0.29) is 0 Å². The van der Waals surface area contributed by atoms with Crippen LogP contribution in [0.3, 0.4) is 0 Å². The predicted octanol–water partition coefficient (Wildman–Crippen LogP) is 3.71. The van der Waals surface area contributed by atoms with E-state index >= 15 is 0 Å². The first-order valence-electron chi connectivity index (χ1n) is 8.32. The summed E-state index contributed by atoms with van der Waals surface area (Å²) in [7, 11) is 0. The van der Waals surface area contributed by atoms with Crippen molar-refractivity contribution in [2.24, 2.45) is 11.7 Å². The molecule has 110 valence electrons. The fraction of sp³-hybridized carbons (Fsp3) is 0.474. The normalized spacial score (nSPS) is 27.1. The van der Waals surface area contributed by atoms with Gasteiger partial charge in [0.05, 0.1) is 0 Å². The summed E-state index contributed by atoms with van der Waals surface area (Å²) in [6.07, 6.45) is 5.32. The Labute approximate surface area is 126 Å². The lowest BCUT2D eigenvalue weighted by molar-refractivity contribution is 0.0889. The summed E-state index contributed by atoms with van der Waals surface area (Å²) >= 11 is 0. The molecule has 1 saturated carbocycles. The van der Waals surface area contributed by atoms with Gasteiger partial charge in [-0.25, -0.2) is 0 Å². The first-order valence-corrected chi connectivity index (χ1v) is 8.32. The highest BCUT2D eigenvalue weighted by Crippen LogP contribution is 2.44. The molecule has 21 heavy (non-hydrogen) atoms. The van der Waals surface area contributed by atoms with E-state index in [0.717, 1.165) is 12.6 Å². The lowest BCUT2D eigenvalue weighted by Crippen LogP contribution is -2.42. The molecule has 2 aromatic rings. The van der Waals surface area contributed by atoms with Gasteiger partial charge in [-0.05, 0) is 61.0 Å². The summed E-state index contributed by atoms with van der Waals surface area (Å²) in [6, 6.07) is 16.9. The third-order valence-corrected chi connectivity index (χ3v) is 5.26. The molecule has 2 N–H and O–H groups in total. The first kappa shape index (κ1) is 13.3. The number of piperidine rings is 1. The largest absolute Gasteiger partial charge is 0.330 e. The Balaban J connectivity index is 1.82. The van der Waals surface area contributed by atoms with Crippen molar-refractivity contribution in [2.45, 2.75) is 37.8 Å². The molecular formula is C19H24N2. The fourth-order valence-electron chi connectivity index (χ4n) is 4.11. The lowest BCUT2D eigenvalue weighted by atomic mass is 9.82.